The molecule has 2 N–H and O–H groups in total. The van der Waals surface area contributed by atoms with Gasteiger partial charge in [-0.2, -0.15) is 0 Å². The van der Waals surface area contributed by atoms with E-state index in [0.717, 1.165) is 38.8 Å². The van der Waals surface area contributed by atoms with Crippen molar-refractivity contribution in [3.63, 3.8) is 0 Å². The molecule has 2 unspecified atom stereocenters. The van der Waals surface area contributed by atoms with Crippen LogP contribution >= 0.6 is 12.4 Å². The van der Waals surface area contributed by atoms with Crippen molar-refractivity contribution in [1.29, 1.82) is 0 Å². The van der Waals surface area contributed by atoms with Gasteiger partial charge < -0.3 is 20.4 Å². The largest absolute Gasteiger partial charge is 0.339 e. The maximum Gasteiger partial charge on any atom is 0.320 e. The summed E-state index contributed by atoms with van der Waals surface area (Å²) in [6, 6.07) is 0.0865. The lowest BCUT2D eigenvalue weighted by molar-refractivity contribution is -0.140. The Labute approximate surface area is 152 Å². The summed E-state index contributed by atoms with van der Waals surface area (Å²) in [4.78, 5) is 30.8. The lowest BCUT2D eigenvalue weighted by Crippen LogP contribution is -2.58. The van der Waals surface area contributed by atoms with Gasteiger partial charge in [-0.1, -0.05) is 12.8 Å². The highest BCUT2D eigenvalue weighted by Gasteiger charge is 2.40. The molecule has 1 saturated heterocycles. The van der Waals surface area contributed by atoms with Gasteiger partial charge in [0.05, 0.1) is 5.92 Å². The van der Waals surface area contributed by atoms with Crippen molar-refractivity contribution in [1.82, 2.24) is 14.7 Å². The number of piperazine rings is 1. The van der Waals surface area contributed by atoms with Crippen molar-refractivity contribution in [2.45, 2.75) is 52.0 Å². The molecule has 2 fully saturated rings. The fourth-order valence-electron chi connectivity index (χ4n) is 3.80. The van der Waals surface area contributed by atoms with Gasteiger partial charge in [-0.15, -0.1) is 12.4 Å². The standard InChI is InChI=1S/C17H32N4O2.ClH/c1-4-19(5-2)16(23)21-12-10-20(11-13-21)15(22)14-8-6-7-9-17(14,3)18;/h14H,4-13,18H2,1-3H3;1H. The Kier molecular flexibility index (Phi) is 7.80. The average molecular weight is 361 g/mol. The third-order valence-electron chi connectivity index (χ3n) is 5.45. The van der Waals surface area contributed by atoms with Crippen LogP contribution in [0.1, 0.15) is 46.5 Å². The maximum absolute atomic E-state index is 12.8. The van der Waals surface area contributed by atoms with E-state index in [0.29, 0.717) is 26.2 Å². The fraction of sp³-hybridized carbons (Fsp3) is 0.882. The lowest BCUT2D eigenvalue weighted by Gasteiger charge is -2.43. The minimum atomic E-state index is -0.385. The molecule has 0 spiro atoms. The summed E-state index contributed by atoms with van der Waals surface area (Å²) in [5.74, 6) is 0.117. The van der Waals surface area contributed by atoms with Crippen molar-refractivity contribution in [3.05, 3.63) is 0 Å². The topological polar surface area (TPSA) is 69.9 Å². The van der Waals surface area contributed by atoms with E-state index >= 15 is 0 Å². The second-order valence-corrected chi connectivity index (χ2v) is 7.07. The Morgan fingerprint density at radius 2 is 1.62 bits per heavy atom. The van der Waals surface area contributed by atoms with Crippen LogP contribution in [0.5, 0.6) is 0 Å². The Morgan fingerprint density at radius 3 is 2.12 bits per heavy atom. The molecular weight excluding hydrogens is 328 g/mol. The van der Waals surface area contributed by atoms with Gasteiger partial charge in [0.25, 0.3) is 0 Å². The number of halogens is 1. The van der Waals surface area contributed by atoms with Gasteiger partial charge >= 0.3 is 6.03 Å². The van der Waals surface area contributed by atoms with Crippen LogP contribution in [0, 0.1) is 5.92 Å². The summed E-state index contributed by atoms with van der Waals surface area (Å²) in [6.45, 7) is 9.93. The smallest absolute Gasteiger partial charge is 0.320 e. The zero-order chi connectivity index (χ0) is 17.0. The molecule has 6 nitrogen and oxygen atoms in total. The molecule has 0 bridgehead atoms. The van der Waals surface area contributed by atoms with E-state index < -0.39 is 0 Å². The van der Waals surface area contributed by atoms with Gasteiger partial charge in [0.2, 0.25) is 5.91 Å². The molecule has 7 heteroatoms. The SMILES string of the molecule is CCN(CC)C(=O)N1CCN(C(=O)C2CCCCC2(C)N)CC1.Cl. The summed E-state index contributed by atoms with van der Waals surface area (Å²) < 4.78 is 0. The highest BCUT2D eigenvalue weighted by molar-refractivity contribution is 5.85. The highest BCUT2D eigenvalue weighted by Crippen LogP contribution is 2.33. The number of rotatable bonds is 3. The molecule has 0 radical (unpaired) electrons. The number of hydrogen-bond donors (Lipinski definition) is 1. The number of hydrogen-bond acceptors (Lipinski definition) is 3. The molecule has 2 atom stereocenters. The third kappa shape index (κ3) is 4.54. The molecule has 140 valence electrons. The summed E-state index contributed by atoms with van der Waals surface area (Å²) in [7, 11) is 0. The number of carbonyl (C=O) groups is 2. The van der Waals surface area contributed by atoms with E-state index in [9.17, 15) is 9.59 Å². The van der Waals surface area contributed by atoms with Gasteiger partial charge in [0.15, 0.2) is 0 Å². The molecule has 1 aliphatic heterocycles. The molecule has 0 aromatic carbocycles. The van der Waals surface area contributed by atoms with Crippen LogP contribution in [0.15, 0.2) is 0 Å². The first-order chi connectivity index (χ1) is 10.9. The summed E-state index contributed by atoms with van der Waals surface area (Å²) in [6.07, 6.45) is 4.01. The summed E-state index contributed by atoms with van der Waals surface area (Å²) in [5, 5.41) is 0. The van der Waals surface area contributed by atoms with Crippen LogP contribution in [0.25, 0.3) is 0 Å². The van der Waals surface area contributed by atoms with E-state index in [1.165, 1.54) is 0 Å². The molecular formula is C17H33ClN4O2. The van der Waals surface area contributed by atoms with Crippen LogP contribution in [-0.2, 0) is 4.79 Å². The van der Waals surface area contributed by atoms with Gasteiger partial charge in [-0.25, -0.2) is 4.79 Å². The van der Waals surface area contributed by atoms with Crippen LogP contribution < -0.4 is 5.73 Å². The number of nitrogens with zero attached hydrogens (tertiary/aromatic N) is 3. The quantitative estimate of drug-likeness (QED) is 0.835. The second kappa shape index (κ2) is 8.90. The lowest BCUT2D eigenvalue weighted by atomic mass is 9.74. The Hall–Kier alpha value is -1.01. The van der Waals surface area contributed by atoms with Crippen LogP contribution in [0.3, 0.4) is 0 Å². The Balaban J connectivity index is 0.00000288. The monoisotopic (exact) mass is 360 g/mol. The molecule has 24 heavy (non-hydrogen) atoms. The number of nitrogens with two attached hydrogens (primary N) is 1. The molecule has 1 saturated carbocycles. The zero-order valence-electron chi connectivity index (χ0n) is 15.3. The van der Waals surface area contributed by atoms with Crippen LogP contribution in [0.4, 0.5) is 4.79 Å². The van der Waals surface area contributed by atoms with Crippen LogP contribution in [-0.4, -0.2) is 71.4 Å². The molecule has 2 rings (SSSR count). The zero-order valence-corrected chi connectivity index (χ0v) is 16.1. The molecule has 0 aromatic heterocycles. The first-order valence-electron chi connectivity index (χ1n) is 9.02. The van der Waals surface area contributed by atoms with E-state index in [1.807, 2.05) is 35.5 Å². The van der Waals surface area contributed by atoms with Crippen molar-refractivity contribution >= 4 is 24.3 Å². The van der Waals surface area contributed by atoms with Gasteiger partial charge in [-0.3, -0.25) is 4.79 Å². The Morgan fingerprint density at radius 1 is 1.08 bits per heavy atom. The van der Waals surface area contributed by atoms with Crippen molar-refractivity contribution in [3.8, 4) is 0 Å². The van der Waals surface area contributed by atoms with Crippen molar-refractivity contribution in [2.75, 3.05) is 39.3 Å². The van der Waals surface area contributed by atoms with E-state index in [-0.39, 0.29) is 35.8 Å². The molecule has 2 aliphatic rings. The summed E-state index contributed by atoms with van der Waals surface area (Å²) in [5.41, 5.74) is 5.98. The number of amides is 3. The summed E-state index contributed by atoms with van der Waals surface area (Å²) >= 11 is 0. The minimum absolute atomic E-state index is 0. The van der Waals surface area contributed by atoms with E-state index in [2.05, 4.69) is 0 Å². The predicted octanol–water partition coefficient (Wildman–Crippen LogP) is 1.92. The van der Waals surface area contributed by atoms with Gasteiger partial charge in [0, 0.05) is 44.8 Å². The van der Waals surface area contributed by atoms with E-state index in [1.54, 1.807) is 0 Å². The van der Waals surface area contributed by atoms with Crippen molar-refractivity contribution < 1.29 is 9.59 Å². The highest BCUT2D eigenvalue weighted by atomic mass is 35.5. The van der Waals surface area contributed by atoms with E-state index in [4.69, 9.17) is 5.73 Å². The third-order valence-corrected chi connectivity index (χ3v) is 5.45. The molecule has 3 amide bonds. The van der Waals surface area contributed by atoms with Crippen LogP contribution in [0.2, 0.25) is 0 Å². The first kappa shape index (κ1) is 21.0. The maximum atomic E-state index is 12.8. The van der Waals surface area contributed by atoms with Gasteiger partial charge in [-0.05, 0) is 33.6 Å². The number of carbonyl (C=O) groups excluding carboxylic acids is 2. The molecule has 1 aliphatic carbocycles. The average Bonchev–Trinajstić information content (AvgIpc) is 2.55. The van der Waals surface area contributed by atoms with Gasteiger partial charge in [0.1, 0.15) is 0 Å². The molecule has 1 heterocycles. The first-order valence-corrected chi connectivity index (χ1v) is 9.02. The minimum Gasteiger partial charge on any atom is -0.339 e. The normalized spacial score (nSPS) is 27.4. The predicted molar refractivity (Wildman–Crippen MR) is 98.3 cm³/mol. The number of urea groups is 1. The second-order valence-electron chi connectivity index (χ2n) is 7.07. The molecule has 0 aromatic rings. The van der Waals surface area contributed by atoms with Crippen molar-refractivity contribution in [2.24, 2.45) is 11.7 Å². The Bertz CT molecular complexity index is 432. The fourth-order valence-corrected chi connectivity index (χ4v) is 3.80.